The van der Waals surface area contributed by atoms with E-state index in [1.165, 1.54) is 0 Å². The predicted octanol–water partition coefficient (Wildman–Crippen LogP) is 0.970. The second-order valence-corrected chi connectivity index (χ2v) is 4.81. The topological polar surface area (TPSA) is 98.9 Å². The minimum Gasteiger partial charge on any atom is -0.494 e. The molecule has 1 aliphatic heterocycles. The van der Waals surface area contributed by atoms with Gasteiger partial charge in [0.25, 0.3) is 0 Å². The Morgan fingerprint density at radius 1 is 1.55 bits per heavy atom. The Morgan fingerprint density at radius 2 is 2.40 bits per heavy atom. The summed E-state index contributed by atoms with van der Waals surface area (Å²) in [6.07, 6.45) is 1.06. The van der Waals surface area contributed by atoms with Gasteiger partial charge in [-0.1, -0.05) is 5.21 Å². The molecule has 3 N–H and O–H groups in total. The van der Waals surface area contributed by atoms with Crippen LogP contribution in [0.15, 0.2) is 12.1 Å². The van der Waals surface area contributed by atoms with Gasteiger partial charge in [-0.15, -0.1) is 10.2 Å². The summed E-state index contributed by atoms with van der Waals surface area (Å²) in [5, 5.41) is 13.8. The van der Waals surface area contributed by atoms with Crippen LogP contribution >= 0.6 is 0 Å². The van der Waals surface area contributed by atoms with E-state index in [0.29, 0.717) is 12.4 Å². The van der Waals surface area contributed by atoms with Crippen molar-refractivity contribution in [1.82, 2.24) is 20.6 Å². The molecule has 106 valence electrons. The standard InChI is InChI=1S/C13H17N5O2/c1-3-19-11-5-8-4-7(2)20-10(8)6-9(11)12(14)13-15-17-18-16-13/h5-7,12H,3-4,14H2,1-2H3,(H,15,16,17,18). The highest BCUT2D eigenvalue weighted by atomic mass is 16.5. The van der Waals surface area contributed by atoms with Gasteiger partial charge in [-0.3, -0.25) is 0 Å². The first-order valence-corrected chi connectivity index (χ1v) is 6.64. The highest BCUT2D eigenvalue weighted by Crippen LogP contribution is 2.38. The second-order valence-electron chi connectivity index (χ2n) is 4.81. The van der Waals surface area contributed by atoms with Crippen molar-refractivity contribution in [1.29, 1.82) is 0 Å². The lowest BCUT2D eigenvalue weighted by molar-refractivity contribution is 0.254. The summed E-state index contributed by atoms with van der Waals surface area (Å²) in [5.41, 5.74) is 8.15. The number of benzene rings is 1. The molecule has 0 fully saturated rings. The van der Waals surface area contributed by atoms with E-state index in [0.717, 1.165) is 29.0 Å². The molecule has 0 radical (unpaired) electrons. The average Bonchev–Trinajstić information content (AvgIpc) is 3.05. The van der Waals surface area contributed by atoms with Crippen LogP contribution in [-0.4, -0.2) is 33.3 Å². The molecule has 0 saturated heterocycles. The molecule has 7 heteroatoms. The van der Waals surface area contributed by atoms with Crippen LogP contribution in [0.1, 0.15) is 36.8 Å². The van der Waals surface area contributed by atoms with E-state index in [-0.39, 0.29) is 6.10 Å². The molecule has 7 nitrogen and oxygen atoms in total. The number of nitrogens with one attached hydrogen (secondary N) is 1. The van der Waals surface area contributed by atoms with Crippen molar-refractivity contribution >= 4 is 0 Å². The van der Waals surface area contributed by atoms with Crippen LogP contribution in [0.25, 0.3) is 0 Å². The fraction of sp³-hybridized carbons (Fsp3) is 0.462. The molecule has 0 saturated carbocycles. The zero-order chi connectivity index (χ0) is 14.1. The Labute approximate surface area is 116 Å². The van der Waals surface area contributed by atoms with Gasteiger partial charge in [0.05, 0.1) is 12.6 Å². The van der Waals surface area contributed by atoms with E-state index >= 15 is 0 Å². The summed E-state index contributed by atoms with van der Waals surface area (Å²) >= 11 is 0. The molecule has 0 bridgehead atoms. The lowest BCUT2D eigenvalue weighted by Gasteiger charge is -2.15. The van der Waals surface area contributed by atoms with Crippen LogP contribution in [0, 0.1) is 0 Å². The molecular formula is C13H17N5O2. The third-order valence-corrected chi connectivity index (χ3v) is 3.30. The molecule has 2 aromatic rings. The van der Waals surface area contributed by atoms with Gasteiger partial charge in [0.2, 0.25) is 0 Å². The number of aromatic amines is 1. The highest BCUT2D eigenvalue weighted by Gasteiger charge is 2.25. The van der Waals surface area contributed by atoms with Gasteiger partial charge < -0.3 is 15.2 Å². The smallest absolute Gasteiger partial charge is 0.195 e. The molecule has 0 aliphatic carbocycles. The number of nitrogens with zero attached hydrogens (tertiary/aromatic N) is 3. The van der Waals surface area contributed by atoms with Crippen LogP contribution in [0.5, 0.6) is 11.5 Å². The lowest BCUT2D eigenvalue weighted by Crippen LogP contribution is -2.15. The Kier molecular flexibility index (Phi) is 3.27. The van der Waals surface area contributed by atoms with E-state index in [2.05, 4.69) is 20.6 Å². The second kappa shape index (κ2) is 5.09. The van der Waals surface area contributed by atoms with E-state index in [1.54, 1.807) is 0 Å². The number of ether oxygens (including phenoxy) is 2. The van der Waals surface area contributed by atoms with E-state index < -0.39 is 6.04 Å². The van der Waals surface area contributed by atoms with E-state index in [4.69, 9.17) is 15.2 Å². The molecule has 0 amide bonds. The molecule has 3 rings (SSSR count). The highest BCUT2D eigenvalue weighted by molar-refractivity contribution is 5.50. The van der Waals surface area contributed by atoms with Crippen LogP contribution in [0.2, 0.25) is 0 Å². The molecule has 2 atom stereocenters. The minimum atomic E-state index is -0.500. The van der Waals surface area contributed by atoms with Crippen LogP contribution < -0.4 is 15.2 Å². The number of tetrazole rings is 1. The van der Waals surface area contributed by atoms with Crippen LogP contribution in [-0.2, 0) is 6.42 Å². The molecular weight excluding hydrogens is 258 g/mol. The minimum absolute atomic E-state index is 0.177. The van der Waals surface area contributed by atoms with Gasteiger partial charge in [0.15, 0.2) is 5.82 Å². The number of H-pyrrole nitrogens is 1. The van der Waals surface area contributed by atoms with Crippen molar-refractivity contribution in [2.75, 3.05) is 6.61 Å². The van der Waals surface area contributed by atoms with Crippen molar-refractivity contribution < 1.29 is 9.47 Å². The number of hydrogen-bond acceptors (Lipinski definition) is 6. The Morgan fingerprint density at radius 3 is 3.10 bits per heavy atom. The third-order valence-electron chi connectivity index (χ3n) is 3.30. The van der Waals surface area contributed by atoms with Gasteiger partial charge in [0.1, 0.15) is 17.6 Å². The van der Waals surface area contributed by atoms with Gasteiger partial charge in [-0.05, 0) is 26.0 Å². The summed E-state index contributed by atoms with van der Waals surface area (Å²) in [6, 6.07) is 3.42. The Balaban J connectivity index is 2.02. The largest absolute Gasteiger partial charge is 0.494 e. The van der Waals surface area contributed by atoms with Crippen molar-refractivity contribution in [3.8, 4) is 11.5 Å². The molecule has 1 aromatic carbocycles. The number of rotatable bonds is 4. The van der Waals surface area contributed by atoms with Gasteiger partial charge in [-0.25, -0.2) is 0 Å². The van der Waals surface area contributed by atoms with E-state index in [9.17, 15) is 0 Å². The molecule has 1 aliphatic rings. The molecule has 1 aromatic heterocycles. The van der Waals surface area contributed by atoms with Crippen molar-refractivity contribution in [2.45, 2.75) is 32.4 Å². The fourth-order valence-corrected chi connectivity index (χ4v) is 2.42. The maximum Gasteiger partial charge on any atom is 0.195 e. The SMILES string of the molecule is CCOc1cc2c(cc1C(N)c1nn[nH]n1)OC(C)C2. The summed E-state index contributed by atoms with van der Waals surface area (Å²) in [5.74, 6) is 2.04. The summed E-state index contributed by atoms with van der Waals surface area (Å²) < 4.78 is 11.5. The summed E-state index contributed by atoms with van der Waals surface area (Å²) in [7, 11) is 0. The van der Waals surface area contributed by atoms with Gasteiger partial charge in [-0.2, -0.15) is 5.21 Å². The first kappa shape index (κ1) is 12.9. The monoisotopic (exact) mass is 275 g/mol. The van der Waals surface area contributed by atoms with Crippen LogP contribution in [0.4, 0.5) is 0 Å². The molecule has 0 spiro atoms. The van der Waals surface area contributed by atoms with E-state index in [1.807, 2.05) is 26.0 Å². The lowest BCUT2D eigenvalue weighted by atomic mass is 10.0. The number of aromatic nitrogens is 4. The zero-order valence-corrected chi connectivity index (χ0v) is 11.5. The van der Waals surface area contributed by atoms with Crippen LogP contribution in [0.3, 0.4) is 0 Å². The fourth-order valence-electron chi connectivity index (χ4n) is 2.42. The number of nitrogens with two attached hydrogens (primary N) is 1. The van der Waals surface area contributed by atoms with Crippen molar-refractivity contribution in [3.05, 3.63) is 29.1 Å². The number of hydrogen-bond donors (Lipinski definition) is 2. The van der Waals surface area contributed by atoms with Crippen molar-refractivity contribution in [3.63, 3.8) is 0 Å². The molecule has 20 heavy (non-hydrogen) atoms. The normalized spacial score (nSPS) is 18.4. The average molecular weight is 275 g/mol. The first-order valence-electron chi connectivity index (χ1n) is 6.64. The predicted molar refractivity (Wildman–Crippen MR) is 71.6 cm³/mol. The molecule has 2 unspecified atom stereocenters. The van der Waals surface area contributed by atoms with Crippen molar-refractivity contribution in [2.24, 2.45) is 5.73 Å². The quantitative estimate of drug-likeness (QED) is 0.862. The maximum atomic E-state index is 6.20. The number of fused-ring (bicyclic) bond motifs is 1. The summed E-state index contributed by atoms with van der Waals surface area (Å²) in [4.78, 5) is 0. The third kappa shape index (κ3) is 2.20. The van der Waals surface area contributed by atoms with Gasteiger partial charge in [0, 0.05) is 17.5 Å². The maximum absolute atomic E-state index is 6.20. The Hall–Kier alpha value is -2.15. The molecule has 2 heterocycles. The summed E-state index contributed by atoms with van der Waals surface area (Å²) in [6.45, 7) is 4.55. The first-order chi connectivity index (χ1) is 9.69. The van der Waals surface area contributed by atoms with Gasteiger partial charge >= 0.3 is 0 Å². The Bertz CT molecular complexity index is 599. The zero-order valence-electron chi connectivity index (χ0n) is 11.5.